The Balaban J connectivity index is 1.63. The molecule has 0 spiro atoms. The third kappa shape index (κ3) is 5.15. The maximum atomic E-state index is 10.2. The largest absolute Gasteiger partial charge is 0.394 e. The highest BCUT2D eigenvalue weighted by Gasteiger charge is 2.50. The van der Waals surface area contributed by atoms with E-state index < -0.39 is 68.0 Å². The van der Waals surface area contributed by atoms with Crippen molar-refractivity contribution in [3.05, 3.63) is 35.9 Å². The van der Waals surface area contributed by atoms with E-state index in [1.54, 1.807) is 0 Å². The molecule has 2 heterocycles. The van der Waals surface area contributed by atoms with E-state index in [2.05, 4.69) is 0 Å². The third-order valence-electron chi connectivity index (χ3n) is 5.19. The van der Waals surface area contributed by atoms with Gasteiger partial charge in [-0.2, -0.15) is 0 Å². The van der Waals surface area contributed by atoms with Gasteiger partial charge in [0.05, 0.1) is 19.8 Å². The highest BCUT2D eigenvalue weighted by molar-refractivity contribution is 5.13. The molecule has 0 aliphatic carbocycles. The average molecular weight is 432 g/mol. The van der Waals surface area contributed by atoms with Gasteiger partial charge in [0.2, 0.25) is 0 Å². The van der Waals surface area contributed by atoms with Crippen LogP contribution in [0.15, 0.2) is 30.3 Å². The van der Waals surface area contributed by atoms with Crippen molar-refractivity contribution in [3.8, 4) is 0 Å². The zero-order valence-electron chi connectivity index (χ0n) is 16.0. The van der Waals surface area contributed by atoms with Crippen LogP contribution in [0.2, 0.25) is 0 Å². The quantitative estimate of drug-likeness (QED) is 0.231. The summed E-state index contributed by atoms with van der Waals surface area (Å²) < 4.78 is 21.5. The molecule has 0 aromatic heterocycles. The van der Waals surface area contributed by atoms with Crippen LogP contribution >= 0.6 is 0 Å². The number of benzene rings is 1. The average Bonchev–Trinajstić information content (AvgIpc) is 2.75. The molecule has 11 nitrogen and oxygen atoms in total. The van der Waals surface area contributed by atoms with Gasteiger partial charge in [-0.1, -0.05) is 30.3 Å². The topological polar surface area (TPSA) is 179 Å². The molecular weight excluding hydrogens is 404 g/mol. The summed E-state index contributed by atoms with van der Waals surface area (Å²) in [6, 6.07) is 9.24. The summed E-state index contributed by atoms with van der Waals surface area (Å²) in [5.41, 5.74) is 0.886. The molecule has 1 aromatic carbocycles. The van der Waals surface area contributed by atoms with Crippen LogP contribution in [-0.4, -0.2) is 110 Å². The van der Waals surface area contributed by atoms with Crippen molar-refractivity contribution in [1.29, 1.82) is 0 Å². The molecule has 7 N–H and O–H groups in total. The van der Waals surface area contributed by atoms with Gasteiger partial charge >= 0.3 is 0 Å². The molecule has 11 heteroatoms. The highest BCUT2D eigenvalue weighted by Crippen LogP contribution is 2.28. The maximum absolute atomic E-state index is 10.2. The van der Waals surface area contributed by atoms with Gasteiger partial charge in [0.1, 0.15) is 48.8 Å². The van der Waals surface area contributed by atoms with Crippen LogP contribution in [0.4, 0.5) is 0 Å². The van der Waals surface area contributed by atoms with Crippen LogP contribution in [0, 0.1) is 0 Å². The first kappa shape index (κ1) is 23.4. The number of aliphatic hydroxyl groups excluding tert-OH is 7. The molecule has 30 heavy (non-hydrogen) atoms. The van der Waals surface area contributed by atoms with E-state index in [-0.39, 0.29) is 13.2 Å². The molecule has 3 rings (SSSR count). The number of hydrogen-bond acceptors (Lipinski definition) is 11. The summed E-state index contributed by atoms with van der Waals surface area (Å²) in [7, 11) is 0. The van der Waals surface area contributed by atoms with Gasteiger partial charge in [0.15, 0.2) is 12.6 Å². The molecule has 10 atom stereocenters. The first-order chi connectivity index (χ1) is 14.3. The van der Waals surface area contributed by atoms with Crippen LogP contribution in [0.3, 0.4) is 0 Å². The zero-order chi connectivity index (χ0) is 21.8. The van der Waals surface area contributed by atoms with E-state index >= 15 is 0 Å². The van der Waals surface area contributed by atoms with Crippen molar-refractivity contribution in [2.75, 3.05) is 13.2 Å². The Hall–Kier alpha value is -1.22. The fourth-order valence-corrected chi connectivity index (χ4v) is 3.42. The Bertz CT molecular complexity index is 645. The standard InChI is InChI=1S/C19H28O11/c20-6-10-17(14(23)15(24)18(26)28-10)30-19-16(25)13(22)12(21)11(29-19)8-27-7-9-4-2-1-3-5-9/h1-5,10-26H,6-8H2/t10-,11-,12+,13+,14-,15-,16-,17-,18+,19+/m1/s1. The summed E-state index contributed by atoms with van der Waals surface area (Å²) >= 11 is 0. The van der Waals surface area contributed by atoms with Crippen molar-refractivity contribution < 1.29 is 54.7 Å². The predicted octanol–water partition coefficient (Wildman–Crippen LogP) is -3.17. The second-order valence-corrected chi connectivity index (χ2v) is 7.34. The zero-order valence-corrected chi connectivity index (χ0v) is 16.0. The third-order valence-corrected chi connectivity index (χ3v) is 5.19. The molecule has 2 aliphatic heterocycles. The SMILES string of the molecule is OC[C@H]1O[C@H](O)[C@H](O)[C@@H](O)[C@@H]1O[C@@H]1O[C@H](COCc2ccccc2)[C@H](O)[C@H](O)[C@H]1O. The monoisotopic (exact) mass is 432 g/mol. The summed E-state index contributed by atoms with van der Waals surface area (Å²) in [6.07, 6.45) is -15.1. The van der Waals surface area contributed by atoms with Crippen molar-refractivity contribution in [2.24, 2.45) is 0 Å². The van der Waals surface area contributed by atoms with E-state index in [0.29, 0.717) is 0 Å². The summed E-state index contributed by atoms with van der Waals surface area (Å²) in [5.74, 6) is 0. The molecule has 0 unspecified atom stereocenters. The van der Waals surface area contributed by atoms with Crippen molar-refractivity contribution in [1.82, 2.24) is 0 Å². The second kappa shape index (κ2) is 10.4. The van der Waals surface area contributed by atoms with Crippen LogP contribution in [0.1, 0.15) is 5.56 Å². The molecule has 0 radical (unpaired) electrons. The van der Waals surface area contributed by atoms with Gasteiger partial charge in [0, 0.05) is 0 Å². The molecule has 0 saturated carbocycles. The number of rotatable bonds is 7. The first-order valence-corrected chi connectivity index (χ1v) is 9.60. The Morgan fingerprint density at radius 3 is 2.13 bits per heavy atom. The first-order valence-electron chi connectivity index (χ1n) is 9.60. The van der Waals surface area contributed by atoms with E-state index in [9.17, 15) is 35.7 Å². The Labute approximate surface area is 172 Å². The Morgan fingerprint density at radius 1 is 0.767 bits per heavy atom. The van der Waals surface area contributed by atoms with E-state index in [4.69, 9.17) is 18.9 Å². The molecule has 1 aromatic rings. The molecular formula is C19H28O11. The Morgan fingerprint density at radius 2 is 1.47 bits per heavy atom. The van der Waals surface area contributed by atoms with Crippen molar-refractivity contribution >= 4 is 0 Å². The minimum atomic E-state index is -1.74. The van der Waals surface area contributed by atoms with Crippen LogP contribution in [-0.2, 0) is 25.6 Å². The highest BCUT2D eigenvalue weighted by atomic mass is 16.7. The maximum Gasteiger partial charge on any atom is 0.187 e. The molecule has 0 amide bonds. The molecule has 0 bridgehead atoms. The van der Waals surface area contributed by atoms with E-state index in [1.807, 2.05) is 30.3 Å². The van der Waals surface area contributed by atoms with Crippen molar-refractivity contribution in [2.45, 2.75) is 68.0 Å². The predicted molar refractivity (Wildman–Crippen MR) is 97.6 cm³/mol. The minimum Gasteiger partial charge on any atom is -0.394 e. The molecule has 2 saturated heterocycles. The lowest BCUT2D eigenvalue weighted by Crippen LogP contribution is -2.64. The van der Waals surface area contributed by atoms with E-state index in [0.717, 1.165) is 5.56 Å². The van der Waals surface area contributed by atoms with Crippen LogP contribution in [0.25, 0.3) is 0 Å². The second-order valence-electron chi connectivity index (χ2n) is 7.34. The number of hydrogen-bond donors (Lipinski definition) is 7. The lowest BCUT2D eigenvalue weighted by atomic mass is 9.97. The van der Waals surface area contributed by atoms with Gasteiger partial charge < -0.3 is 54.7 Å². The van der Waals surface area contributed by atoms with Gasteiger partial charge in [-0.25, -0.2) is 0 Å². The minimum absolute atomic E-state index is 0.131. The Kier molecular flexibility index (Phi) is 8.12. The summed E-state index contributed by atoms with van der Waals surface area (Å²) in [4.78, 5) is 0. The van der Waals surface area contributed by atoms with Crippen molar-refractivity contribution in [3.63, 3.8) is 0 Å². The normalized spacial score (nSPS) is 42.2. The molecule has 2 aliphatic rings. The lowest BCUT2D eigenvalue weighted by Gasteiger charge is -2.45. The fourth-order valence-electron chi connectivity index (χ4n) is 3.42. The molecule has 2 fully saturated rings. The smallest absolute Gasteiger partial charge is 0.187 e. The van der Waals surface area contributed by atoms with Crippen LogP contribution < -0.4 is 0 Å². The molecule has 170 valence electrons. The van der Waals surface area contributed by atoms with E-state index in [1.165, 1.54) is 0 Å². The van der Waals surface area contributed by atoms with Crippen LogP contribution in [0.5, 0.6) is 0 Å². The van der Waals surface area contributed by atoms with Gasteiger partial charge in [-0.15, -0.1) is 0 Å². The van der Waals surface area contributed by atoms with Gasteiger partial charge in [-0.3, -0.25) is 0 Å². The lowest BCUT2D eigenvalue weighted by molar-refractivity contribution is -0.356. The van der Waals surface area contributed by atoms with Gasteiger partial charge in [0.25, 0.3) is 0 Å². The summed E-state index contributed by atoms with van der Waals surface area (Å²) in [6.45, 7) is -0.569. The number of ether oxygens (including phenoxy) is 4. The number of aliphatic hydroxyl groups is 7. The summed E-state index contributed by atoms with van der Waals surface area (Å²) in [5, 5.41) is 69.6. The van der Waals surface area contributed by atoms with Gasteiger partial charge in [-0.05, 0) is 5.56 Å². The fraction of sp³-hybridized carbons (Fsp3) is 0.684.